The first-order valence-corrected chi connectivity index (χ1v) is 16.6. The van der Waals surface area contributed by atoms with Crippen LogP contribution >= 0.6 is 0 Å². The highest BCUT2D eigenvalue weighted by Gasteiger charge is 2.66. The van der Waals surface area contributed by atoms with Crippen molar-refractivity contribution in [1.29, 1.82) is 0 Å². The Morgan fingerprint density at radius 2 is 1.59 bits per heavy atom. The number of carboxylic acids is 1. The molecule has 1 N–H and O–H groups in total. The van der Waals surface area contributed by atoms with Crippen molar-refractivity contribution in [1.82, 2.24) is 0 Å². The molecule has 41 heavy (non-hydrogen) atoms. The van der Waals surface area contributed by atoms with Gasteiger partial charge < -0.3 is 14.6 Å². The summed E-state index contributed by atoms with van der Waals surface area (Å²) in [6, 6.07) is 8.95. The Balaban J connectivity index is 0.000000195. The van der Waals surface area contributed by atoms with E-state index in [4.69, 9.17) is 9.47 Å². The molecule has 1 aromatic carbocycles. The SMILES string of the molecule is CC1(C)CCCC2(C)C1CCC1(C)C3CCC4(C(=O)O)CCCC4C3CCC12.O=C(OCC1CO1)c1ccccc1. The molecule has 0 spiro atoms. The van der Waals surface area contributed by atoms with Gasteiger partial charge in [0, 0.05) is 0 Å². The van der Waals surface area contributed by atoms with Crippen LogP contribution in [0, 0.1) is 51.2 Å². The van der Waals surface area contributed by atoms with Gasteiger partial charge in [0.1, 0.15) is 12.7 Å². The van der Waals surface area contributed by atoms with Gasteiger partial charge in [-0.3, -0.25) is 4.79 Å². The molecule has 5 nitrogen and oxygen atoms in total. The van der Waals surface area contributed by atoms with Gasteiger partial charge >= 0.3 is 11.9 Å². The predicted octanol–water partition coefficient (Wildman–Crippen LogP) is 8.17. The molecular formula is C36H52O5. The second-order valence-electron chi connectivity index (χ2n) is 15.8. The predicted molar refractivity (Wildman–Crippen MR) is 159 cm³/mol. The maximum Gasteiger partial charge on any atom is 0.338 e. The van der Waals surface area contributed by atoms with Crippen LogP contribution in [0.5, 0.6) is 0 Å². The van der Waals surface area contributed by atoms with Gasteiger partial charge in [0.05, 0.1) is 17.6 Å². The van der Waals surface area contributed by atoms with Gasteiger partial charge in [-0.1, -0.05) is 58.7 Å². The molecule has 0 amide bonds. The van der Waals surface area contributed by atoms with Gasteiger partial charge in [-0.15, -0.1) is 0 Å². The Bertz CT molecular complexity index is 1130. The van der Waals surface area contributed by atoms with E-state index in [9.17, 15) is 14.7 Å². The third kappa shape index (κ3) is 4.96. The second kappa shape index (κ2) is 10.7. The van der Waals surface area contributed by atoms with E-state index in [1.165, 1.54) is 57.8 Å². The Morgan fingerprint density at radius 1 is 0.829 bits per heavy atom. The van der Waals surface area contributed by atoms with Crippen LogP contribution in [-0.4, -0.2) is 36.4 Å². The summed E-state index contributed by atoms with van der Waals surface area (Å²) in [5, 5.41) is 10.1. The molecule has 1 saturated heterocycles. The third-order valence-electron chi connectivity index (χ3n) is 13.5. The lowest BCUT2D eigenvalue weighted by molar-refractivity contribution is -0.200. The van der Waals surface area contributed by atoms with Crippen molar-refractivity contribution in [2.75, 3.05) is 13.2 Å². The number of carbonyl (C=O) groups is 2. The lowest BCUT2D eigenvalue weighted by atomic mass is 9.36. The molecule has 1 aromatic rings. The molecule has 5 aliphatic carbocycles. The molecule has 0 radical (unpaired) electrons. The summed E-state index contributed by atoms with van der Waals surface area (Å²) in [6.07, 6.45) is 15.3. The van der Waals surface area contributed by atoms with E-state index in [1.807, 2.05) is 18.2 Å². The monoisotopic (exact) mass is 564 g/mol. The van der Waals surface area contributed by atoms with Crippen molar-refractivity contribution in [3.8, 4) is 0 Å². The molecule has 9 unspecified atom stereocenters. The van der Waals surface area contributed by atoms with Crippen molar-refractivity contribution < 1.29 is 24.2 Å². The van der Waals surface area contributed by atoms with E-state index >= 15 is 0 Å². The summed E-state index contributed by atoms with van der Waals surface area (Å²) < 4.78 is 9.91. The number of ether oxygens (including phenoxy) is 2. The fourth-order valence-corrected chi connectivity index (χ4v) is 11.7. The van der Waals surface area contributed by atoms with Gasteiger partial charge in [-0.2, -0.15) is 0 Å². The highest BCUT2D eigenvalue weighted by Crippen LogP contribution is 2.72. The molecule has 0 aromatic heterocycles. The number of carbonyl (C=O) groups excluding carboxylic acids is 1. The maximum atomic E-state index is 12.3. The van der Waals surface area contributed by atoms with Crippen LogP contribution in [0.15, 0.2) is 30.3 Å². The first-order valence-electron chi connectivity index (χ1n) is 16.6. The Labute approximate surface area is 247 Å². The van der Waals surface area contributed by atoms with Crippen LogP contribution in [0.2, 0.25) is 0 Å². The first-order chi connectivity index (χ1) is 19.5. The van der Waals surface area contributed by atoms with Gasteiger partial charge in [0.2, 0.25) is 0 Å². The van der Waals surface area contributed by atoms with Crippen LogP contribution in [-0.2, 0) is 14.3 Å². The molecule has 5 saturated carbocycles. The quantitative estimate of drug-likeness (QED) is 0.295. The smallest absolute Gasteiger partial charge is 0.338 e. The number of hydrogen-bond acceptors (Lipinski definition) is 4. The average Bonchev–Trinajstić information content (AvgIpc) is 3.66. The van der Waals surface area contributed by atoms with Crippen LogP contribution in [0.3, 0.4) is 0 Å². The van der Waals surface area contributed by atoms with Crippen molar-refractivity contribution in [3.63, 3.8) is 0 Å². The van der Waals surface area contributed by atoms with Crippen molar-refractivity contribution in [2.24, 2.45) is 51.2 Å². The molecule has 7 rings (SSSR count). The summed E-state index contributed by atoms with van der Waals surface area (Å²) in [5.41, 5.74) is 1.69. The Kier molecular flexibility index (Phi) is 7.61. The van der Waals surface area contributed by atoms with Crippen LogP contribution in [0.4, 0.5) is 0 Å². The number of rotatable bonds is 4. The Hall–Kier alpha value is -1.88. The van der Waals surface area contributed by atoms with E-state index < -0.39 is 5.97 Å². The van der Waals surface area contributed by atoms with Crippen molar-refractivity contribution in [2.45, 2.75) is 111 Å². The average molecular weight is 565 g/mol. The molecule has 1 heterocycles. The van der Waals surface area contributed by atoms with Gasteiger partial charge in [-0.05, 0) is 122 Å². The van der Waals surface area contributed by atoms with E-state index in [2.05, 4.69) is 27.7 Å². The second-order valence-corrected chi connectivity index (χ2v) is 15.8. The molecule has 9 atom stereocenters. The molecule has 6 fully saturated rings. The van der Waals surface area contributed by atoms with Crippen LogP contribution in [0.25, 0.3) is 0 Å². The number of epoxide rings is 1. The number of carboxylic acid groups (broad SMARTS) is 1. The van der Waals surface area contributed by atoms with E-state index in [-0.39, 0.29) is 17.5 Å². The van der Waals surface area contributed by atoms with E-state index in [0.29, 0.717) is 46.9 Å². The summed E-state index contributed by atoms with van der Waals surface area (Å²) in [7, 11) is 0. The number of fused-ring (bicyclic) bond motifs is 7. The minimum atomic E-state index is -0.467. The van der Waals surface area contributed by atoms with Crippen LogP contribution in [0.1, 0.15) is 115 Å². The maximum absolute atomic E-state index is 12.3. The van der Waals surface area contributed by atoms with Crippen molar-refractivity contribution >= 4 is 11.9 Å². The summed E-state index contributed by atoms with van der Waals surface area (Å²) in [5.74, 6) is 2.93. The third-order valence-corrected chi connectivity index (χ3v) is 13.5. The summed E-state index contributed by atoms with van der Waals surface area (Å²) in [6.45, 7) is 11.5. The highest BCUT2D eigenvalue weighted by molar-refractivity contribution is 5.89. The normalized spacial score (nSPS) is 43.6. The Morgan fingerprint density at radius 3 is 2.29 bits per heavy atom. The lowest BCUT2D eigenvalue weighted by Crippen LogP contribution is -2.61. The molecular weight excluding hydrogens is 512 g/mol. The van der Waals surface area contributed by atoms with Gasteiger partial charge in [-0.25, -0.2) is 4.79 Å². The molecule has 0 bridgehead atoms. The summed E-state index contributed by atoms with van der Waals surface area (Å²) >= 11 is 0. The first kappa shape index (κ1) is 29.2. The zero-order chi connectivity index (χ0) is 29.0. The van der Waals surface area contributed by atoms with E-state index in [1.54, 1.807) is 12.1 Å². The minimum Gasteiger partial charge on any atom is -0.481 e. The highest BCUT2D eigenvalue weighted by atomic mass is 16.6. The minimum absolute atomic E-state index is 0.132. The summed E-state index contributed by atoms with van der Waals surface area (Å²) in [4.78, 5) is 23.6. The van der Waals surface area contributed by atoms with Crippen molar-refractivity contribution in [3.05, 3.63) is 35.9 Å². The fraction of sp³-hybridized carbons (Fsp3) is 0.778. The fourth-order valence-electron chi connectivity index (χ4n) is 11.7. The van der Waals surface area contributed by atoms with E-state index in [0.717, 1.165) is 37.0 Å². The number of benzene rings is 1. The lowest BCUT2D eigenvalue weighted by Gasteiger charge is -2.68. The number of aliphatic carboxylic acids is 1. The van der Waals surface area contributed by atoms with Gasteiger partial charge in [0.25, 0.3) is 0 Å². The molecule has 5 heteroatoms. The zero-order valence-corrected chi connectivity index (χ0v) is 25.8. The molecule has 6 aliphatic rings. The largest absolute Gasteiger partial charge is 0.481 e. The van der Waals surface area contributed by atoms with Gasteiger partial charge in [0.15, 0.2) is 0 Å². The number of esters is 1. The standard InChI is InChI=1S/C26H42O2.C10H10O3/c1-23(2)12-6-13-25(4)20(23)11-15-24(3)18-10-16-26(22(27)28)14-5-7-19(26)17(18)8-9-21(24)25;11-10(13-7-9-6-12-9)8-4-2-1-3-5-8/h17-21H,5-16H2,1-4H3,(H,27,28);1-5,9H,6-7H2. The molecule has 226 valence electrons. The zero-order valence-electron chi connectivity index (χ0n) is 25.8. The number of hydrogen-bond donors (Lipinski definition) is 1. The van der Waals surface area contributed by atoms with Crippen LogP contribution < -0.4 is 0 Å². The topological polar surface area (TPSA) is 76.1 Å². The molecule has 1 aliphatic heterocycles.